The SMILES string of the molecule is Cc1nnc(C(C)C)n1C1CC2CCC(C1)N2CC[C@H](NC(=O)C1CCCCC1)c1ccc(Cl)s1. The van der Waals surface area contributed by atoms with E-state index in [1.54, 1.807) is 11.3 Å². The van der Waals surface area contributed by atoms with Crippen LogP contribution < -0.4 is 5.32 Å². The van der Waals surface area contributed by atoms with Crippen LogP contribution in [-0.2, 0) is 4.79 Å². The normalized spacial score (nSPS) is 26.4. The zero-order chi connectivity index (χ0) is 24.5. The fourth-order valence-electron chi connectivity index (χ4n) is 6.79. The van der Waals surface area contributed by atoms with Crippen LogP contribution in [0.4, 0.5) is 0 Å². The lowest BCUT2D eigenvalue weighted by atomic mass is 9.88. The molecular formula is C27H40ClN5OS. The van der Waals surface area contributed by atoms with Crippen LogP contribution in [-0.4, -0.2) is 44.2 Å². The molecule has 2 aliphatic heterocycles. The number of hydrogen-bond donors (Lipinski definition) is 1. The van der Waals surface area contributed by atoms with Crippen LogP contribution in [0.2, 0.25) is 4.34 Å². The number of amides is 1. The van der Waals surface area contributed by atoms with Gasteiger partial charge in [0.1, 0.15) is 11.6 Å². The highest BCUT2D eigenvalue weighted by molar-refractivity contribution is 7.16. The molecule has 8 heteroatoms. The van der Waals surface area contributed by atoms with Crippen LogP contribution in [0.3, 0.4) is 0 Å². The average molecular weight is 518 g/mol. The monoisotopic (exact) mass is 517 g/mol. The summed E-state index contributed by atoms with van der Waals surface area (Å²) in [6, 6.07) is 5.80. The van der Waals surface area contributed by atoms with E-state index in [0.717, 1.165) is 41.8 Å². The first-order chi connectivity index (χ1) is 16.9. The van der Waals surface area contributed by atoms with Crippen molar-refractivity contribution in [2.24, 2.45) is 5.92 Å². The van der Waals surface area contributed by atoms with Crippen molar-refractivity contribution in [3.8, 4) is 0 Å². The van der Waals surface area contributed by atoms with Crippen molar-refractivity contribution >= 4 is 28.8 Å². The van der Waals surface area contributed by atoms with Crippen molar-refractivity contribution < 1.29 is 4.79 Å². The van der Waals surface area contributed by atoms with E-state index in [1.165, 1.54) is 49.8 Å². The van der Waals surface area contributed by atoms with Gasteiger partial charge in [0.2, 0.25) is 5.91 Å². The number of fused-ring (bicyclic) bond motifs is 2. The van der Waals surface area contributed by atoms with E-state index in [1.807, 2.05) is 6.07 Å². The standard InChI is InChI=1S/C27H40ClN5OS/c1-17(2)26-31-30-18(3)33(26)22-15-20-9-10-21(16-22)32(20)14-13-23(24-11-12-25(28)35-24)29-27(34)19-7-5-4-6-8-19/h11-12,17,19-23H,4-10,13-16H2,1-3H3,(H,29,34)/t20?,21?,22?,23-/m0/s1. The molecule has 0 spiro atoms. The maximum atomic E-state index is 13.1. The van der Waals surface area contributed by atoms with Crippen LogP contribution in [0.15, 0.2) is 12.1 Å². The lowest BCUT2D eigenvalue weighted by Gasteiger charge is -2.40. The quantitative estimate of drug-likeness (QED) is 0.438. The summed E-state index contributed by atoms with van der Waals surface area (Å²) in [5.74, 6) is 2.98. The molecule has 5 rings (SSSR count). The number of carbonyl (C=O) groups is 1. The third-order valence-corrected chi connectivity index (χ3v) is 9.88. The zero-order valence-corrected chi connectivity index (χ0v) is 23.0. The molecule has 2 aromatic heterocycles. The van der Waals surface area contributed by atoms with Crippen LogP contribution in [0, 0.1) is 12.8 Å². The Morgan fingerprint density at radius 3 is 2.43 bits per heavy atom. The minimum absolute atomic E-state index is 0.0479. The highest BCUT2D eigenvalue weighted by Gasteiger charge is 2.42. The summed E-state index contributed by atoms with van der Waals surface area (Å²) in [4.78, 5) is 17.0. The fraction of sp³-hybridized carbons (Fsp3) is 0.741. The molecule has 2 unspecified atom stereocenters. The first-order valence-electron chi connectivity index (χ1n) is 13.6. The van der Waals surface area contributed by atoms with Crippen molar-refractivity contribution in [3.05, 3.63) is 33.0 Å². The van der Waals surface area contributed by atoms with Gasteiger partial charge < -0.3 is 9.88 Å². The summed E-state index contributed by atoms with van der Waals surface area (Å²) in [5, 5.41) is 12.3. The fourth-order valence-corrected chi connectivity index (χ4v) is 7.93. The lowest BCUT2D eigenvalue weighted by Crippen LogP contribution is -2.45. The molecule has 0 aromatic carbocycles. The van der Waals surface area contributed by atoms with Crippen LogP contribution in [0.1, 0.15) is 113 Å². The average Bonchev–Trinajstić information content (AvgIpc) is 3.52. The largest absolute Gasteiger partial charge is 0.348 e. The second-order valence-corrected chi connectivity index (χ2v) is 13.0. The molecule has 35 heavy (non-hydrogen) atoms. The maximum Gasteiger partial charge on any atom is 0.223 e. The van der Waals surface area contributed by atoms with Crippen molar-refractivity contribution in [1.29, 1.82) is 0 Å². The zero-order valence-electron chi connectivity index (χ0n) is 21.4. The number of rotatable bonds is 8. The molecule has 1 saturated carbocycles. The molecule has 2 bridgehead atoms. The number of halogens is 1. The Balaban J connectivity index is 1.25. The molecule has 1 N–H and O–H groups in total. The molecule has 0 radical (unpaired) electrons. The predicted octanol–water partition coefficient (Wildman–Crippen LogP) is 6.42. The van der Waals surface area contributed by atoms with Gasteiger partial charge in [-0.2, -0.15) is 0 Å². The van der Waals surface area contributed by atoms with Gasteiger partial charge in [-0.1, -0.05) is 44.7 Å². The lowest BCUT2D eigenvalue weighted by molar-refractivity contribution is -0.126. The number of aryl methyl sites for hydroxylation is 1. The highest BCUT2D eigenvalue weighted by Crippen LogP contribution is 2.42. The summed E-state index contributed by atoms with van der Waals surface area (Å²) in [5.41, 5.74) is 0. The third kappa shape index (κ3) is 5.47. The number of nitrogens with zero attached hydrogens (tertiary/aromatic N) is 4. The summed E-state index contributed by atoms with van der Waals surface area (Å²) >= 11 is 7.90. The van der Waals surface area contributed by atoms with Gasteiger partial charge in [0.15, 0.2) is 0 Å². The Morgan fingerprint density at radius 2 is 1.80 bits per heavy atom. The van der Waals surface area contributed by atoms with Gasteiger partial charge in [-0.05, 0) is 64.0 Å². The van der Waals surface area contributed by atoms with E-state index in [9.17, 15) is 4.79 Å². The van der Waals surface area contributed by atoms with Crippen molar-refractivity contribution in [2.75, 3.05) is 6.54 Å². The minimum atomic E-state index is 0.0479. The smallest absolute Gasteiger partial charge is 0.223 e. The molecular weight excluding hydrogens is 478 g/mol. The van der Waals surface area contributed by atoms with E-state index >= 15 is 0 Å². The molecule has 6 nitrogen and oxygen atoms in total. The van der Waals surface area contributed by atoms with Crippen LogP contribution in [0.25, 0.3) is 0 Å². The molecule has 2 saturated heterocycles. The minimum Gasteiger partial charge on any atom is -0.348 e. The molecule has 2 aromatic rings. The third-order valence-electron chi connectivity index (χ3n) is 8.54. The van der Waals surface area contributed by atoms with Gasteiger partial charge >= 0.3 is 0 Å². The van der Waals surface area contributed by atoms with E-state index in [0.29, 0.717) is 24.0 Å². The van der Waals surface area contributed by atoms with E-state index in [2.05, 4.69) is 51.8 Å². The Bertz CT molecular complexity index is 999. The van der Waals surface area contributed by atoms with Crippen molar-refractivity contribution in [3.63, 3.8) is 0 Å². The molecule has 3 fully saturated rings. The van der Waals surface area contributed by atoms with Gasteiger partial charge in [0.05, 0.1) is 10.4 Å². The Hall–Kier alpha value is -1.44. The van der Waals surface area contributed by atoms with E-state index in [-0.39, 0.29) is 17.9 Å². The topological polar surface area (TPSA) is 63.1 Å². The Labute approximate surface area is 218 Å². The molecule has 3 atom stereocenters. The van der Waals surface area contributed by atoms with Gasteiger partial charge in [-0.3, -0.25) is 9.69 Å². The van der Waals surface area contributed by atoms with Gasteiger partial charge in [-0.15, -0.1) is 21.5 Å². The van der Waals surface area contributed by atoms with Crippen molar-refractivity contribution in [1.82, 2.24) is 25.0 Å². The highest BCUT2D eigenvalue weighted by atomic mass is 35.5. The maximum absolute atomic E-state index is 13.1. The second kappa shape index (κ2) is 10.9. The van der Waals surface area contributed by atoms with Gasteiger partial charge in [-0.25, -0.2) is 0 Å². The van der Waals surface area contributed by atoms with Gasteiger partial charge in [0.25, 0.3) is 0 Å². The number of piperidine rings is 1. The number of carbonyl (C=O) groups excluding carboxylic acids is 1. The Kier molecular flexibility index (Phi) is 7.85. The summed E-state index contributed by atoms with van der Waals surface area (Å²) < 4.78 is 3.22. The predicted molar refractivity (Wildman–Crippen MR) is 142 cm³/mol. The second-order valence-electron chi connectivity index (χ2n) is 11.2. The first-order valence-corrected chi connectivity index (χ1v) is 14.8. The van der Waals surface area contributed by atoms with E-state index in [4.69, 9.17) is 11.6 Å². The number of hydrogen-bond acceptors (Lipinski definition) is 5. The first kappa shape index (κ1) is 25.2. The molecule has 3 aliphatic rings. The van der Waals surface area contributed by atoms with Crippen LogP contribution in [0.5, 0.6) is 0 Å². The molecule has 4 heterocycles. The molecule has 192 valence electrons. The number of aromatic nitrogens is 3. The summed E-state index contributed by atoms with van der Waals surface area (Å²) in [7, 11) is 0. The number of thiophene rings is 1. The Morgan fingerprint density at radius 1 is 1.09 bits per heavy atom. The summed E-state index contributed by atoms with van der Waals surface area (Å²) in [6.07, 6.45) is 11.5. The summed E-state index contributed by atoms with van der Waals surface area (Å²) in [6.45, 7) is 7.54. The van der Waals surface area contributed by atoms with Crippen LogP contribution >= 0.6 is 22.9 Å². The molecule has 1 amide bonds. The van der Waals surface area contributed by atoms with Crippen molar-refractivity contribution in [2.45, 2.75) is 115 Å². The molecule has 1 aliphatic carbocycles. The number of nitrogens with one attached hydrogen (secondary N) is 1. The van der Waals surface area contributed by atoms with Gasteiger partial charge in [0, 0.05) is 41.4 Å². The van der Waals surface area contributed by atoms with E-state index < -0.39 is 0 Å².